The molecule has 1 heterocycles. The Morgan fingerprint density at radius 2 is 2.11 bits per heavy atom. The fraction of sp³-hybridized carbons (Fsp3) is 0.750. The Hall–Kier alpha value is -0.340. The van der Waals surface area contributed by atoms with Gasteiger partial charge in [0.25, 0.3) is 0 Å². The van der Waals surface area contributed by atoms with E-state index in [1.54, 1.807) is 0 Å². The molecule has 0 saturated heterocycles. The summed E-state index contributed by atoms with van der Waals surface area (Å²) in [5, 5.41) is 5.69. The monoisotopic (exact) mass is 265 g/mol. The topological polar surface area (TPSA) is 12.0 Å². The quantitative estimate of drug-likeness (QED) is 0.758. The molecular weight excluding hydrogens is 238 g/mol. The third-order valence-corrected chi connectivity index (χ3v) is 5.31. The van der Waals surface area contributed by atoms with Gasteiger partial charge in [-0.05, 0) is 50.1 Å². The van der Waals surface area contributed by atoms with E-state index in [-0.39, 0.29) is 0 Å². The molecule has 1 atom stereocenters. The Kier molecular flexibility index (Phi) is 6.22. The Balaban J connectivity index is 1.65. The Morgan fingerprint density at radius 3 is 2.78 bits per heavy atom. The minimum atomic E-state index is 0.717. The fourth-order valence-electron chi connectivity index (χ4n) is 3.12. The molecular formula is C16H27NS. The number of rotatable bonds is 7. The van der Waals surface area contributed by atoms with Gasteiger partial charge in [-0.2, -0.15) is 0 Å². The summed E-state index contributed by atoms with van der Waals surface area (Å²) in [7, 11) is 2.12. The number of hydrogen-bond acceptors (Lipinski definition) is 2. The number of thiophene rings is 1. The first-order valence-electron chi connectivity index (χ1n) is 7.58. The van der Waals surface area contributed by atoms with Crippen LogP contribution in [0.2, 0.25) is 0 Å². The number of hydrogen-bond donors (Lipinski definition) is 1. The molecule has 102 valence electrons. The molecule has 0 aliphatic heterocycles. The first-order valence-corrected chi connectivity index (χ1v) is 8.46. The van der Waals surface area contributed by atoms with Crippen LogP contribution in [0, 0.1) is 5.92 Å². The van der Waals surface area contributed by atoms with Gasteiger partial charge in [0.05, 0.1) is 0 Å². The lowest BCUT2D eigenvalue weighted by Gasteiger charge is -2.24. The van der Waals surface area contributed by atoms with Crippen LogP contribution < -0.4 is 5.32 Å². The van der Waals surface area contributed by atoms with Crippen molar-refractivity contribution in [2.45, 2.75) is 63.8 Å². The molecule has 2 rings (SSSR count). The Bertz CT molecular complexity index is 301. The van der Waals surface area contributed by atoms with Crippen molar-refractivity contribution in [2.24, 2.45) is 5.92 Å². The molecule has 1 aromatic rings. The van der Waals surface area contributed by atoms with E-state index >= 15 is 0 Å². The van der Waals surface area contributed by atoms with Crippen LogP contribution in [0.4, 0.5) is 0 Å². The van der Waals surface area contributed by atoms with Crippen molar-refractivity contribution in [3.8, 4) is 0 Å². The van der Waals surface area contributed by atoms with Gasteiger partial charge in [-0.1, -0.05) is 38.2 Å². The van der Waals surface area contributed by atoms with Gasteiger partial charge < -0.3 is 5.32 Å². The smallest absolute Gasteiger partial charge is 0.00676 e. The van der Waals surface area contributed by atoms with E-state index in [1.165, 1.54) is 62.7 Å². The zero-order valence-electron chi connectivity index (χ0n) is 11.7. The van der Waals surface area contributed by atoms with Crippen LogP contribution in [-0.2, 0) is 6.42 Å². The van der Waals surface area contributed by atoms with E-state index in [4.69, 9.17) is 0 Å². The first kappa shape index (κ1) is 14.1. The van der Waals surface area contributed by atoms with Crippen LogP contribution in [0.1, 0.15) is 56.2 Å². The predicted octanol–water partition coefficient (Wildman–Crippen LogP) is 4.63. The summed E-state index contributed by atoms with van der Waals surface area (Å²) >= 11 is 1.89. The minimum Gasteiger partial charge on any atom is -0.317 e. The minimum absolute atomic E-state index is 0.717. The Labute approximate surface area is 116 Å². The number of nitrogens with one attached hydrogen (secondary N) is 1. The summed E-state index contributed by atoms with van der Waals surface area (Å²) in [5.41, 5.74) is 0. The predicted molar refractivity (Wildman–Crippen MR) is 81.3 cm³/mol. The van der Waals surface area contributed by atoms with Crippen LogP contribution in [0.15, 0.2) is 17.5 Å². The van der Waals surface area contributed by atoms with Crippen molar-refractivity contribution in [3.05, 3.63) is 22.4 Å². The van der Waals surface area contributed by atoms with Gasteiger partial charge in [0.1, 0.15) is 0 Å². The Morgan fingerprint density at radius 1 is 1.28 bits per heavy atom. The van der Waals surface area contributed by atoms with Crippen molar-refractivity contribution >= 4 is 11.3 Å². The third kappa shape index (κ3) is 4.74. The molecule has 1 nitrogen and oxygen atoms in total. The largest absolute Gasteiger partial charge is 0.317 e. The zero-order chi connectivity index (χ0) is 12.6. The highest BCUT2D eigenvalue weighted by Gasteiger charge is 2.15. The van der Waals surface area contributed by atoms with Crippen molar-refractivity contribution in [1.29, 1.82) is 0 Å². The lowest BCUT2D eigenvalue weighted by Crippen LogP contribution is -2.26. The maximum atomic E-state index is 3.51. The average molecular weight is 265 g/mol. The number of aryl methyl sites for hydroxylation is 1. The molecule has 1 aromatic heterocycles. The van der Waals surface area contributed by atoms with E-state index in [2.05, 4.69) is 29.9 Å². The van der Waals surface area contributed by atoms with Gasteiger partial charge in [0.2, 0.25) is 0 Å². The van der Waals surface area contributed by atoms with Crippen LogP contribution >= 0.6 is 11.3 Å². The van der Waals surface area contributed by atoms with Gasteiger partial charge in [0, 0.05) is 10.9 Å². The van der Waals surface area contributed by atoms with Gasteiger partial charge in [-0.25, -0.2) is 0 Å². The average Bonchev–Trinajstić information content (AvgIpc) is 2.93. The highest BCUT2D eigenvalue weighted by atomic mass is 32.1. The van der Waals surface area contributed by atoms with Crippen LogP contribution in [0.25, 0.3) is 0 Å². The SMILES string of the molecule is CNC(CCc1cccs1)CCC1CCCCC1. The second kappa shape index (κ2) is 7.96. The fourth-order valence-corrected chi connectivity index (χ4v) is 3.84. The van der Waals surface area contributed by atoms with Gasteiger partial charge in [-0.3, -0.25) is 0 Å². The molecule has 0 bridgehead atoms. The normalized spacial score (nSPS) is 18.9. The van der Waals surface area contributed by atoms with E-state index in [0.29, 0.717) is 6.04 Å². The standard InChI is InChI=1S/C16H27NS/c1-17-15(11-12-16-8-5-13-18-16)10-9-14-6-3-2-4-7-14/h5,8,13-15,17H,2-4,6-7,9-12H2,1H3. The lowest BCUT2D eigenvalue weighted by atomic mass is 9.85. The molecule has 1 aliphatic rings. The molecule has 0 aromatic carbocycles. The van der Waals surface area contributed by atoms with Crippen molar-refractivity contribution in [2.75, 3.05) is 7.05 Å². The maximum absolute atomic E-state index is 3.51. The van der Waals surface area contributed by atoms with E-state index in [1.807, 2.05) is 11.3 Å². The van der Waals surface area contributed by atoms with Crippen LogP contribution in [-0.4, -0.2) is 13.1 Å². The van der Waals surface area contributed by atoms with Crippen LogP contribution in [0.3, 0.4) is 0 Å². The summed E-state index contributed by atoms with van der Waals surface area (Å²) in [4.78, 5) is 1.54. The highest BCUT2D eigenvalue weighted by Crippen LogP contribution is 2.28. The van der Waals surface area contributed by atoms with Crippen molar-refractivity contribution < 1.29 is 0 Å². The third-order valence-electron chi connectivity index (χ3n) is 4.38. The van der Waals surface area contributed by atoms with Gasteiger partial charge in [-0.15, -0.1) is 11.3 Å². The van der Waals surface area contributed by atoms with Crippen LogP contribution in [0.5, 0.6) is 0 Å². The molecule has 0 radical (unpaired) electrons. The molecule has 1 saturated carbocycles. The maximum Gasteiger partial charge on any atom is 0.00676 e. The summed E-state index contributed by atoms with van der Waals surface area (Å²) < 4.78 is 0. The molecule has 18 heavy (non-hydrogen) atoms. The summed E-state index contributed by atoms with van der Waals surface area (Å²) in [6.45, 7) is 0. The van der Waals surface area contributed by atoms with Gasteiger partial charge in [0.15, 0.2) is 0 Å². The zero-order valence-corrected chi connectivity index (χ0v) is 12.5. The van der Waals surface area contributed by atoms with E-state index in [0.717, 1.165) is 5.92 Å². The van der Waals surface area contributed by atoms with E-state index in [9.17, 15) is 0 Å². The highest BCUT2D eigenvalue weighted by molar-refractivity contribution is 7.09. The summed E-state index contributed by atoms with van der Waals surface area (Å²) in [6, 6.07) is 5.14. The summed E-state index contributed by atoms with van der Waals surface area (Å²) in [6.07, 6.45) is 12.8. The van der Waals surface area contributed by atoms with Gasteiger partial charge >= 0.3 is 0 Å². The van der Waals surface area contributed by atoms with E-state index < -0.39 is 0 Å². The molecule has 0 spiro atoms. The van der Waals surface area contributed by atoms with Crippen molar-refractivity contribution in [1.82, 2.24) is 5.32 Å². The molecule has 1 aliphatic carbocycles. The second-order valence-corrected chi connectivity index (χ2v) is 6.72. The summed E-state index contributed by atoms with van der Waals surface area (Å²) in [5.74, 6) is 1.02. The van der Waals surface area contributed by atoms with Crippen molar-refractivity contribution in [3.63, 3.8) is 0 Å². The lowest BCUT2D eigenvalue weighted by molar-refractivity contribution is 0.313. The molecule has 1 fully saturated rings. The molecule has 0 amide bonds. The molecule has 1 unspecified atom stereocenters. The molecule has 1 N–H and O–H groups in total. The molecule has 2 heteroatoms. The first-order chi connectivity index (χ1) is 8.88. The second-order valence-electron chi connectivity index (χ2n) is 5.69.